The van der Waals surface area contributed by atoms with Crippen LogP contribution in [0.1, 0.15) is 26.2 Å². The molecular weight excluding hydrogens is 292 g/mol. The van der Waals surface area contributed by atoms with Crippen molar-refractivity contribution in [2.24, 2.45) is 0 Å². The van der Waals surface area contributed by atoms with E-state index < -0.39 is 16.3 Å². The maximum absolute atomic E-state index is 12.9. The van der Waals surface area contributed by atoms with Crippen LogP contribution in [0.15, 0.2) is 0 Å². The van der Waals surface area contributed by atoms with E-state index in [4.69, 9.17) is 0 Å². The van der Waals surface area contributed by atoms with Crippen LogP contribution < -0.4 is 5.32 Å². The average molecular weight is 318 g/mol. The predicted molar refractivity (Wildman–Crippen MR) is 81.0 cm³/mol. The number of likely N-dealkylation sites (N-methyl/N-ethyl adjacent to an activating group) is 1. The average Bonchev–Trinajstić information content (AvgIpc) is 2.46. The molecule has 2 rings (SSSR count). The van der Waals surface area contributed by atoms with Crippen LogP contribution in [0.3, 0.4) is 0 Å². The molecule has 8 heteroatoms. The number of hydrogen-bond donors (Lipinski definition) is 1. The maximum Gasteiger partial charge on any atom is 0.283 e. The Morgan fingerprint density at radius 3 is 2.52 bits per heavy atom. The summed E-state index contributed by atoms with van der Waals surface area (Å²) in [5.41, 5.74) is 0. The van der Waals surface area contributed by atoms with Gasteiger partial charge in [0, 0.05) is 46.3 Å². The molecule has 1 N–H and O–H groups in total. The van der Waals surface area contributed by atoms with E-state index in [-0.39, 0.29) is 11.9 Å². The molecule has 0 aromatic carbocycles. The summed E-state index contributed by atoms with van der Waals surface area (Å²) in [4.78, 5) is 13.7. The van der Waals surface area contributed by atoms with E-state index in [1.807, 2.05) is 6.92 Å². The molecular formula is C13H26N4O3S. The second-order valence-corrected chi connectivity index (χ2v) is 7.86. The Morgan fingerprint density at radius 2 is 1.90 bits per heavy atom. The first-order chi connectivity index (χ1) is 9.85. The molecule has 122 valence electrons. The third kappa shape index (κ3) is 3.39. The summed E-state index contributed by atoms with van der Waals surface area (Å²) >= 11 is 0. The molecule has 2 atom stereocenters. The minimum absolute atomic E-state index is 0.00810. The largest absolute Gasteiger partial charge is 0.347 e. The summed E-state index contributed by atoms with van der Waals surface area (Å²) in [5.74, 6) is -0.171. The zero-order chi connectivity index (χ0) is 15.6. The second kappa shape index (κ2) is 6.60. The van der Waals surface area contributed by atoms with E-state index in [1.165, 1.54) is 9.21 Å². The molecule has 2 heterocycles. The van der Waals surface area contributed by atoms with Crippen molar-refractivity contribution in [2.75, 3.05) is 40.3 Å². The van der Waals surface area contributed by atoms with Gasteiger partial charge in [-0.3, -0.25) is 4.79 Å². The molecule has 2 aliphatic heterocycles. The number of rotatable bonds is 3. The molecule has 21 heavy (non-hydrogen) atoms. The molecule has 2 saturated heterocycles. The maximum atomic E-state index is 12.9. The molecule has 2 aliphatic rings. The topological polar surface area (TPSA) is 73.0 Å². The SMILES string of the molecule is CC1CCCCN1S(=O)(=O)N1CCNCC1C(=O)N(C)C. The van der Waals surface area contributed by atoms with Gasteiger partial charge in [0.15, 0.2) is 0 Å². The molecule has 2 fully saturated rings. The molecule has 1 amide bonds. The molecule has 7 nitrogen and oxygen atoms in total. The Labute approximate surface area is 127 Å². The first-order valence-corrected chi connectivity index (χ1v) is 8.96. The lowest BCUT2D eigenvalue weighted by molar-refractivity contribution is -0.133. The second-order valence-electron chi connectivity index (χ2n) is 6.03. The van der Waals surface area contributed by atoms with Gasteiger partial charge in [0.25, 0.3) is 10.2 Å². The number of nitrogens with one attached hydrogen (secondary N) is 1. The van der Waals surface area contributed by atoms with Crippen molar-refractivity contribution in [3.05, 3.63) is 0 Å². The third-order valence-electron chi connectivity index (χ3n) is 4.25. The van der Waals surface area contributed by atoms with Crippen molar-refractivity contribution >= 4 is 16.1 Å². The van der Waals surface area contributed by atoms with Crippen LogP contribution in [-0.4, -0.2) is 80.2 Å². The molecule has 0 aromatic heterocycles. The van der Waals surface area contributed by atoms with Gasteiger partial charge in [-0.1, -0.05) is 6.42 Å². The predicted octanol–water partition coefficient (Wildman–Crippen LogP) is -0.532. The smallest absolute Gasteiger partial charge is 0.283 e. The van der Waals surface area contributed by atoms with Crippen LogP contribution in [0.2, 0.25) is 0 Å². The van der Waals surface area contributed by atoms with Gasteiger partial charge in [0.2, 0.25) is 5.91 Å². The normalized spacial score (nSPS) is 29.3. The van der Waals surface area contributed by atoms with Crippen molar-refractivity contribution in [3.63, 3.8) is 0 Å². The van der Waals surface area contributed by atoms with Crippen LogP contribution in [0.25, 0.3) is 0 Å². The monoisotopic (exact) mass is 318 g/mol. The standard InChI is InChI=1S/C13H26N4O3S/c1-11-6-4-5-8-16(11)21(19,20)17-9-7-14-10-12(17)13(18)15(2)3/h11-12,14H,4-10H2,1-3H3. The Bertz CT molecular complexity index is 480. The van der Waals surface area contributed by atoms with Gasteiger partial charge >= 0.3 is 0 Å². The van der Waals surface area contributed by atoms with Gasteiger partial charge in [0.1, 0.15) is 6.04 Å². The van der Waals surface area contributed by atoms with Crippen LogP contribution in [0.4, 0.5) is 0 Å². The van der Waals surface area contributed by atoms with Gasteiger partial charge in [-0.05, 0) is 19.8 Å². The van der Waals surface area contributed by atoms with E-state index in [9.17, 15) is 13.2 Å². The Balaban J connectivity index is 2.25. The lowest BCUT2D eigenvalue weighted by Crippen LogP contribution is -2.63. The highest BCUT2D eigenvalue weighted by Crippen LogP contribution is 2.24. The molecule has 0 bridgehead atoms. The molecule has 0 saturated carbocycles. The third-order valence-corrected chi connectivity index (χ3v) is 6.42. The lowest BCUT2D eigenvalue weighted by Gasteiger charge is -2.41. The number of piperazine rings is 1. The van der Waals surface area contributed by atoms with Crippen molar-refractivity contribution < 1.29 is 13.2 Å². The van der Waals surface area contributed by atoms with E-state index in [0.29, 0.717) is 26.2 Å². The molecule has 0 radical (unpaired) electrons. The van der Waals surface area contributed by atoms with E-state index >= 15 is 0 Å². The fourth-order valence-corrected chi connectivity index (χ4v) is 5.02. The van der Waals surface area contributed by atoms with Crippen LogP contribution in [-0.2, 0) is 15.0 Å². The fourth-order valence-electron chi connectivity index (χ4n) is 3.02. The van der Waals surface area contributed by atoms with Gasteiger partial charge < -0.3 is 10.2 Å². The number of piperidine rings is 1. The quantitative estimate of drug-likeness (QED) is 0.759. The van der Waals surface area contributed by atoms with E-state index in [0.717, 1.165) is 19.3 Å². The van der Waals surface area contributed by atoms with Crippen molar-refractivity contribution in [1.29, 1.82) is 0 Å². The van der Waals surface area contributed by atoms with E-state index in [1.54, 1.807) is 18.4 Å². The van der Waals surface area contributed by atoms with Crippen LogP contribution in [0, 0.1) is 0 Å². The summed E-state index contributed by atoms with van der Waals surface area (Å²) in [7, 11) is -0.267. The minimum atomic E-state index is -3.58. The number of amides is 1. The van der Waals surface area contributed by atoms with Crippen LogP contribution in [0.5, 0.6) is 0 Å². The van der Waals surface area contributed by atoms with Crippen molar-refractivity contribution in [3.8, 4) is 0 Å². The zero-order valence-electron chi connectivity index (χ0n) is 13.1. The molecule has 2 unspecified atom stereocenters. The summed E-state index contributed by atoms with van der Waals surface area (Å²) in [6, 6.07) is -0.637. The highest BCUT2D eigenvalue weighted by molar-refractivity contribution is 7.86. The Hall–Kier alpha value is -0.700. The number of hydrogen-bond acceptors (Lipinski definition) is 4. The lowest BCUT2D eigenvalue weighted by atomic mass is 10.1. The summed E-state index contributed by atoms with van der Waals surface area (Å²) in [6.45, 7) is 3.80. The Kier molecular flexibility index (Phi) is 5.24. The molecule has 0 aromatic rings. The molecule has 0 spiro atoms. The highest BCUT2D eigenvalue weighted by atomic mass is 32.2. The first-order valence-electron chi connectivity index (χ1n) is 7.56. The minimum Gasteiger partial charge on any atom is -0.347 e. The summed E-state index contributed by atoms with van der Waals surface area (Å²) < 4.78 is 28.8. The first kappa shape index (κ1) is 16.7. The fraction of sp³-hybridized carbons (Fsp3) is 0.923. The highest BCUT2D eigenvalue weighted by Gasteiger charge is 2.42. The van der Waals surface area contributed by atoms with Crippen molar-refractivity contribution in [2.45, 2.75) is 38.3 Å². The van der Waals surface area contributed by atoms with Crippen molar-refractivity contribution in [1.82, 2.24) is 18.8 Å². The van der Waals surface area contributed by atoms with E-state index in [2.05, 4.69) is 5.32 Å². The van der Waals surface area contributed by atoms with Gasteiger partial charge in [-0.15, -0.1) is 0 Å². The summed E-state index contributed by atoms with van der Waals surface area (Å²) in [5, 5.41) is 3.11. The van der Waals surface area contributed by atoms with Crippen LogP contribution >= 0.6 is 0 Å². The van der Waals surface area contributed by atoms with Gasteiger partial charge in [-0.2, -0.15) is 17.0 Å². The number of carbonyl (C=O) groups is 1. The molecule has 0 aliphatic carbocycles. The number of nitrogens with zero attached hydrogens (tertiary/aromatic N) is 3. The Morgan fingerprint density at radius 1 is 1.19 bits per heavy atom. The summed E-state index contributed by atoms with van der Waals surface area (Å²) in [6.07, 6.45) is 2.84. The van der Waals surface area contributed by atoms with Gasteiger partial charge in [0.05, 0.1) is 0 Å². The number of carbonyl (C=O) groups excluding carboxylic acids is 1. The van der Waals surface area contributed by atoms with Gasteiger partial charge in [-0.25, -0.2) is 0 Å². The zero-order valence-corrected chi connectivity index (χ0v) is 13.9.